The topological polar surface area (TPSA) is 86.7 Å². The molecule has 1 heterocycles. The maximum atomic E-state index is 11.8. The monoisotopic (exact) mass is 276 g/mol. The van der Waals surface area contributed by atoms with Gasteiger partial charge in [0.2, 0.25) is 5.91 Å². The number of aliphatic hydroxyl groups excluding tert-OH is 1. The van der Waals surface area contributed by atoms with Crippen LogP contribution < -0.4 is 5.32 Å². The lowest BCUT2D eigenvalue weighted by Gasteiger charge is -2.07. The lowest BCUT2D eigenvalue weighted by molar-refractivity contribution is -0.116. The Morgan fingerprint density at radius 2 is 1.95 bits per heavy atom. The van der Waals surface area contributed by atoms with E-state index in [2.05, 4.69) is 5.32 Å². The second-order valence-electron chi connectivity index (χ2n) is 4.87. The zero-order valence-electron chi connectivity index (χ0n) is 11.3. The van der Waals surface area contributed by atoms with E-state index in [0.29, 0.717) is 23.2 Å². The Labute approximate surface area is 116 Å². The van der Waals surface area contributed by atoms with Gasteiger partial charge >= 0.3 is 0 Å². The van der Waals surface area contributed by atoms with Crippen LogP contribution in [-0.4, -0.2) is 40.9 Å². The van der Waals surface area contributed by atoms with Gasteiger partial charge < -0.3 is 10.4 Å². The van der Waals surface area contributed by atoms with Gasteiger partial charge in [-0.2, -0.15) is 0 Å². The largest absolute Gasteiger partial charge is 0.393 e. The van der Waals surface area contributed by atoms with E-state index in [1.807, 2.05) is 0 Å². The summed E-state index contributed by atoms with van der Waals surface area (Å²) in [5.41, 5.74) is 1.11. The summed E-state index contributed by atoms with van der Waals surface area (Å²) in [6, 6.07) is 4.62. The van der Waals surface area contributed by atoms with E-state index in [-0.39, 0.29) is 24.1 Å². The highest BCUT2D eigenvalue weighted by molar-refractivity contribution is 6.21. The molecule has 1 aliphatic heterocycles. The fourth-order valence-corrected chi connectivity index (χ4v) is 2.00. The average molecular weight is 276 g/mol. The van der Waals surface area contributed by atoms with Crippen molar-refractivity contribution in [3.63, 3.8) is 0 Å². The maximum Gasteiger partial charge on any atom is 0.261 e. The van der Waals surface area contributed by atoms with E-state index in [0.717, 1.165) is 4.90 Å². The summed E-state index contributed by atoms with van der Waals surface area (Å²) in [7, 11) is 1.42. The summed E-state index contributed by atoms with van der Waals surface area (Å²) >= 11 is 0. The van der Waals surface area contributed by atoms with E-state index < -0.39 is 6.10 Å². The number of aliphatic hydroxyl groups is 1. The summed E-state index contributed by atoms with van der Waals surface area (Å²) in [6.07, 6.45) is 0.0342. The number of nitrogens with zero attached hydrogens (tertiary/aromatic N) is 1. The first-order valence-corrected chi connectivity index (χ1v) is 6.34. The molecule has 0 aromatic heterocycles. The minimum atomic E-state index is -0.534. The van der Waals surface area contributed by atoms with Gasteiger partial charge in [0, 0.05) is 19.2 Å². The molecular weight excluding hydrogens is 260 g/mol. The summed E-state index contributed by atoms with van der Waals surface area (Å²) in [5, 5.41) is 11.8. The zero-order chi connectivity index (χ0) is 14.9. The molecule has 0 saturated heterocycles. The van der Waals surface area contributed by atoms with E-state index in [1.54, 1.807) is 13.0 Å². The fourth-order valence-electron chi connectivity index (χ4n) is 2.00. The van der Waals surface area contributed by atoms with Crippen molar-refractivity contribution >= 4 is 23.4 Å². The summed E-state index contributed by atoms with van der Waals surface area (Å²) in [4.78, 5) is 36.2. The first-order valence-electron chi connectivity index (χ1n) is 6.34. The molecule has 0 fully saturated rings. The van der Waals surface area contributed by atoms with Crippen LogP contribution in [0.1, 0.15) is 40.5 Å². The first kappa shape index (κ1) is 14.2. The number of imide groups is 1. The van der Waals surface area contributed by atoms with E-state index >= 15 is 0 Å². The second kappa shape index (κ2) is 5.42. The number of carbonyl (C=O) groups is 3. The smallest absolute Gasteiger partial charge is 0.261 e. The van der Waals surface area contributed by atoms with E-state index in [9.17, 15) is 14.4 Å². The van der Waals surface area contributed by atoms with Crippen LogP contribution in [0.25, 0.3) is 0 Å². The van der Waals surface area contributed by atoms with Gasteiger partial charge in [0.15, 0.2) is 0 Å². The SMILES string of the molecule is CC(O)CCC(=O)Nc1ccc2c(c1)C(=O)N(C)C2=O. The molecule has 6 nitrogen and oxygen atoms in total. The van der Waals surface area contributed by atoms with E-state index in [1.165, 1.54) is 19.2 Å². The number of hydrogen-bond acceptors (Lipinski definition) is 4. The highest BCUT2D eigenvalue weighted by Crippen LogP contribution is 2.24. The van der Waals surface area contributed by atoms with Crippen LogP contribution in [-0.2, 0) is 4.79 Å². The van der Waals surface area contributed by atoms with Gasteiger partial charge in [0.1, 0.15) is 0 Å². The van der Waals surface area contributed by atoms with Crippen molar-refractivity contribution in [2.75, 3.05) is 12.4 Å². The highest BCUT2D eigenvalue weighted by atomic mass is 16.3. The van der Waals surface area contributed by atoms with Gasteiger partial charge in [0.25, 0.3) is 11.8 Å². The zero-order valence-corrected chi connectivity index (χ0v) is 11.3. The van der Waals surface area contributed by atoms with Crippen molar-refractivity contribution in [2.24, 2.45) is 0 Å². The van der Waals surface area contributed by atoms with Crippen LogP contribution in [0.5, 0.6) is 0 Å². The Bertz CT molecular complexity index is 581. The van der Waals surface area contributed by atoms with Gasteiger partial charge in [-0.25, -0.2) is 0 Å². The van der Waals surface area contributed by atoms with Crippen molar-refractivity contribution in [1.29, 1.82) is 0 Å². The van der Waals surface area contributed by atoms with Crippen LogP contribution in [0.2, 0.25) is 0 Å². The summed E-state index contributed by atoms with van der Waals surface area (Å²) in [5.74, 6) is -0.946. The number of hydrogen-bond donors (Lipinski definition) is 2. The van der Waals surface area contributed by atoms with Crippen molar-refractivity contribution in [3.05, 3.63) is 29.3 Å². The lowest BCUT2D eigenvalue weighted by Crippen LogP contribution is -2.24. The molecule has 2 rings (SSSR count). The molecule has 1 aromatic rings. The molecule has 0 aliphatic carbocycles. The lowest BCUT2D eigenvalue weighted by atomic mass is 10.1. The van der Waals surface area contributed by atoms with Crippen molar-refractivity contribution < 1.29 is 19.5 Å². The number of anilines is 1. The molecule has 0 saturated carbocycles. The van der Waals surface area contributed by atoms with Gasteiger partial charge in [-0.3, -0.25) is 19.3 Å². The standard InChI is InChI=1S/C14H16N2O4/c1-8(17)3-6-12(18)15-9-4-5-10-11(7-9)14(20)16(2)13(10)19/h4-5,7-8,17H,3,6H2,1-2H3,(H,15,18). The van der Waals surface area contributed by atoms with Crippen LogP contribution in [0.15, 0.2) is 18.2 Å². The van der Waals surface area contributed by atoms with Crippen LogP contribution in [0, 0.1) is 0 Å². The molecule has 1 unspecified atom stereocenters. The van der Waals surface area contributed by atoms with Crippen LogP contribution in [0.4, 0.5) is 5.69 Å². The highest BCUT2D eigenvalue weighted by Gasteiger charge is 2.32. The van der Waals surface area contributed by atoms with Crippen LogP contribution in [0.3, 0.4) is 0 Å². The minimum absolute atomic E-state index is 0.196. The Kier molecular flexibility index (Phi) is 3.85. The van der Waals surface area contributed by atoms with E-state index in [4.69, 9.17) is 5.11 Å². The Morgan fingerprint density at radius 1 is 1.30 bits per heavy atom. The Balaban J connectivity index is 2.11. The Morgan fingerprint density at radius 3 is 2.60 bits per heavy atom. The predicted molar refractivity (Wildman–Crippen MR) is 72.4 cm³/mol. The number of carbonyl (C=O) groups excluding carboxylic acids is 3. The fraction of sp³-hybridized carbons (Fsp3) is 0.357. The molecule has 6 heteroatoms. The van der Waals surface area contributed by atoms with Crippen molar-refractivity contribution in [2.45, 2.75) is 25.9 Å². The second-order valence-corrected chi connectivity index (χ2v) is 4.87. The number of amides is 3. The normalized spacial score (nSPS) is 15.2. The number of rotatable bonds is 4. The molecule has 1 aromatic carbocycles. The third-order valence-corrected chi connectivity index (χ3v) is 3.16. The molecule has 106 valence electrons. The molecule has 1 aliphatic rings. The van der Waals surface area contributed by atoms with Gasteiger partial charge in [-0.05, 0) is 31.5 Å². The summed E-state index contributed by atoms with van der Waals surface area (Å²) in [6.45, 7) is 1.61. The van der Waals surface area contributed by atoms with Crippen molar-refractivity contribution in [1.82, 2.24) is 4.90 Å². The van der Waals surface area contributed by atoms with Crippen molar-refractivity contribution in [3.8, 4) is 0 Å². The summed E-state index contributed by atoms with van der Waals surface area (Å²) < 4.78 is 0. The molecule has 0 bridgehead atoms. The third-order valence-electron chi connectivity index (χ3n) is 3.16. The number of benzene rings is 1. The molecular formula is C14H16N2O4. The molecule has 20 heavy (non-hydrogen) atoms. The minimum Gasteiger partial charge on any atom is -0.393 e. The molecule has 3 amide bonds. The molecule has 2 N–H and O–H groups in total. The van der Waals surface area contributed by atoms with Gasteiger partial charge in [0.05, 0.1) is 17.2 Å². The molecule has 0 spiro atoms. The first-order chi connectivity index (χ1) is 9.40. The van der Waals surface area contributed by atoms with Gasteiger partial charge in [-0.1, -0.05) is 0 Å². The van der Waals surface area contributed by atoms with Crippen LogP contribution >= 0.6 is 0 Å². The molecule has 0 radical (unpaired) electrons. The number of nitrogens with one attached hydrogen (secondary N) is 1. The maximum absolute atomic E-state index is 11.8. The Hall–Kier alpha value is -2.21. The predicted octanol–water partition coefficient (Wildman–Crippen LogP) is 1.01. The molecule has 1 atom stereocenters. The van der Waals surface area contributed by atoms with Gasteiger partial charge in [-0.15, -0.1) is 0 Å². The third kappa shape index (κ3) is 2.70. The average Bonchev–Trinajstić information content (AvgIpc) is 2.62. The quantitative estimate of drug-likeness (QED) is 0.804. The number of fused-ring (bicyclic) bond motifs is 1.